The molecule has 17 heavy (non-hydrogen) atoms. The second kappa shape index (κ2) is 11.0. The van der Waals surface area contributed by atoms with E-state index in [0.717, 1.165) is 13.0 Å². The molecule has 0 aliphatic rings. The largest absolute Gasteiger partial charge is 0.396 e. The van der Waals surface area contributed by atoms with E-state index in [9.17, 15) is 4.79 Å². The zero-order valence-corrected chi connectivity index (χ0v) is 12.7. The summed E-state index contributed by atoms with van der Waals surface area (Å²) >= 11 is 3.31. The van der Waals surface area contributed by atoms with Crippen LogP contribution in [0.25, 0.3) is 0 Å². The molecule has 1 N–H and O–H groups in total. The molecule has 1 unspecified atom stereocenters. The quantitative estimate of drug-likeness (QED) is 0.498. The van der Waals surface area contributed by atoms with Crippen molar-refractivity contribution < 1.29 is 9.90 Å². The lowest BCUT2D eigenvalue weighted by molar-refractivity contribution is -0.130. The van der Waals surface area contributed by atoms with Crippen molar-refractivity contribution >= 4 is 21.8 Å². The Bertz CT molecular complexity index is 198. The first-order chi connectivity index (χ1) is 8.13. The minimum Gasteiger partial charge on any atom is -0.396 e. The minimum atomic E-state index is -0.128. The third kappa shape index (κ3) is 8.61. The number of alkyl halides is 1. The second-order valence-electron chi connectivity index (χ2n) is 4.43. The van der Waals surface area contributed by atoms with Crippen molar-refractivity contribution in [1.82, 2.24) is 4.90 Å². The average molecular weight is 308 g/mol. The maximum atomic E-state index is 11.9. The number of aliphatic hydroxyl groups is 1. The number of unbranched alkanes of at least 4 members (excludes halogenated alkanes) is 4. The van der Waals surface area contributed by atoms with Gasteiger partial charge in [-0.15, -0.1) is 0 Å². The smallest absolute Gasteiger partial charge is 0.236 e. The monoisotopic (exact) mass is 307 g/mol. The van der Waals surface area contributed by atoms with Crippen LogP contribution in [-0.4, -0.2) is 40.4 Å². The van der Waals surface area contributed by atoms with Crippen LogP contribution < -0.4 is 0 Å². The number of hydrogen-bond acceptors (Lipinski definition) is 2. The predicted octanol–water partition coefficient (Wildman–Crippen LogP) is 2.95. The van der Waals surface area contributed by atoms with E-state index in [1.54, 1.807) is 0 Å². The van der Waals surface area contributed by atoms with Crippen molar-refractivity contribution in [2.24, 2.45) is 0 Å². The fraction of sp³-hybridized carbons (Fsp3) is 0.923. The van der Waals surface area contributed by atoms with Crippen molar-refractivity contribution in [3.05, 3.63) is 0 Å². The number of carbonyl (C=O) groups excluding carboxylic acids is 1. The molecule has 0 aromatic carbocycles. The van der Waals surface area contributed by atoms with Crippen molar-refractivity contribution in [3.8, 4) is 0 Å². The van der Waals surface area contributed by atoms with Gasteiger partial charge in [0.1, 0.15) is 0 Å². The lowest BCUT2D eigenvalue weighted by Gasteiger charge is -2.23. The van der Waals surface area contributed by atoms with Gasteiger partial charge in [0.25, 0.3) is 0 Å². The number of aliphatic hydroxyl groups excluding tert-OH is 1. The van der Waals surface area contributed by atoms with Crippen LogP contribution in [0.1, 0.15) is 52.4 Å². The molecule has 0 saturated heterocycles. The van der Waals surface area contributed by atoms with Crippen molar-refractivity contribution in [1.29, 1.82) is 0 Å². The molecule has 0 spiro atoms. The minimum absolute atomic E-state index is 0.128. The summed E-state index contributed by atoms with van der Waals surface area (Å²) < 4.78 is 0. The number of hydrogen-bond donors (Lipinski definition) is 1. The molecule has 0 aromatic heterocycles. The van der Waals surface area contributed by atoms with E-state index in [0.29, 0.717) is 13.0 Å². The van der Waals surface area contributed by atoms with Gasteiger partial charge in [0.2, 0.25) is 5.91 Å². The number of carbonyl (C=O) groups is 1. The summed E-state index contributed by atoms with van der Waals surface area (Å²) in [5, 5.41) is 8.83. The Morgan fingerprint density at radius 1 is 1.18 bits per heavy atom. The first-order valence-corrected chi connectivity index (χ1v) is 7.58. The van der Waals surface area contributed by atoms with E-state index in [4.69, 9.17) is 5.11 Å². The van der Waals surface area contributed by atoms with Gasteiger partial charge < -0.3 is 10.0 Å². The highest BCUT2D eigenvalue weighted by Crippen LogP contribution is 2.08. The molecular weight excluding hydrogens is 282 g/mol. The van der Waals surface area contributed by atoms with Crippen LogP contribution in [0.2, 0.25) is 0 Å². The van der Waals surface area contributed by atoms with E-state index in [2.05, 4.69) is 22.9 Å². The molecule has 0 heterocycles. The van der Waals surface area contributed by atoms with Gasteiger partial charge in [0.05, 0.1) is 4.83 Å². The maximum Gasteiger partial charge on any atom is 0.236 e. The standard InChI is InChI=1S/C13H26BrNO2/c1-3-4-5-6-7-9-15(10-8-11-16)13(17)12(2)14/h12,16H,3-11H2,1-2H3. The van der Waals surface area contributed by atoms with Gasteiger partial charge in [0, 0.05) is 19.7 Å². The Morgan fingerprint density at radius 2 is 1.76 bits per heavy atom. The highest BCUT2D eigenvalue weighted by Gasteiger charge is 2.16. The van der Waals surface area contributed by atoms with Gasteiger partial charge in [-0.25, -0.2) is 0 Å². The van der Waals surface area contributed by atoms with Gasteiger partial charge in [-0.3, -0.25) is 4.79 Å². The number of nitrogens with zero attached hydrogens (tertiary/aromatic N) is 1. The molecule has 0 radical (unpaired) electrons. The zero-order valence-electron chi connectivity index (χ0n) is 11.1. The fourth-order valence-electron chi connectivity index (χ4n) is 1.75. The lowest BCUT2D eigenvalue weighted by atomic mass is 10.1. The SMILES string of the molecule is CCCCCCCN(CCCO)C(=O)C(C)Br. The predicted molar refractivity (Wildman–Crippen MR) is 75.4 cm³/mol. The Kier molecular flexibility index (Phi) is 11.0. The third-order valence-electron chi connectivity index (χ3n) is 2.77. The molecule has 0 rings (SSSR count). The van der Waals surface area contributed by atoms with Crippen LogP contribution in [0.4, 0.5) is 0 Å². The van der Waals surface area contributed by atoms with Crippen LogP contribution in [0, 0.1) is 0 Å². The Hall–Kier alpha value is -0.0900. The molecule has 3 nitrogen and oxygen atoms in total. The molecule has 0 aromatic rings. The van der Waals surface area contributed by atoms with Gasteiger partial charge >= 0.3 is 0 Å². The van der Waals surface area contributed by atoms with Crippen LogP contribution >= 0.6 is 15.9 Å². The maximum absolute atomic E-state index is 11.9. The van der Waals surface area contributed by atoms with Crippen LogP contribution in [0.15, 0.2) is 0 Å². The van der Waals surface area contributed by atoms with Crippen molar-refractivity contribution in [2.75, 3.05) is 19.7 Å². The highest BCUT2D eigenvalue weighted by atomic mass is 79.9. The molecule has 102 valence electrons. The van der Waals surface area contributed by atoms with E-state index in [1.165, 1.54) is 25.7 Å². The summed E-state index contributed by atoms with van der Waals surface area (Å²) in [5.41, 5.74) is 0. The first-order valence-electron chi connectivity index (χ1n) is 6.67. The Morgan fingerprint density at radius 3 is 2.29 bits per heavy atom. The molecule has 0 aliphatic carbocycles. The molecular formula is C13H26BrNO2. The van der Waals surface area contributed by atoms with E-state index >= 15 is 0 Å². The Balaban J connectivity index is 3.89. The van der Waals surface area contributed by atoms with Crippen LogP contribution in [-0.2, 0) is 4.79 Å². The third-order valence-corrected chi connectivity index (χ3v) is 3.16. The molecule has 0 aliphatic heterocycles. The number of halogens is 1. The molecule has 0 bridgehead atoms. The Labute approximate surface area is 114 Å². The number of rotatable bonds is 10. The zero-order chi connectivity index (χ0) is 13.1. The average Bonchev–Trinajstić information content (AvgIpc) is 2.31. The fourth-order valence-corrected chi connectivity index (χ4v) is 2.04. The van der Waals surface area contributed by atoms with Crippen molar-refractivity contribution in [2.45, 2.75) is 57.2 Å². The second-order valence-corrected chi connectivity index (χ2v) is 5.81. The summed E-state index contributed by atoms with van der Waals surface area (Å²) in [6.45, 7) is 5.68. The van der Waals surface area contributed by atoms with Crippen molar-refractivity contribution in [3.63, 3.8) is 0 Å². The number of amides is 1. The lowest BCUT2D eigenvalue weighted by Crippen LogP contribution is -2.37. The van der Waals surface area contributed by atoms with Crippen LogP contribution in [0.3, 0.4) is 0 Å². The van der Waals surface area contributed by atoms with E-state index in [1.807, 2.05) is 11.8 Å². The normalized spacial score (nSPS) is 12.5. The molecule has 1 atom stereocenters. The van der Waals surface area contributed by atoms with Gasteiger partial charge in [-0.2, -0.15) is 0 Å². The van der Waals surface area contributed by atoms with E-state index in [-0.39, 0.29) is 17.3 Å². The van der Waals surface area contributed by atoms with Gasteiger partial charge in [-0.05, 0) is 19.8 Å². The van der Waals surface area contributed by atoms with Crippen LogP contribution in [0.5, 0.6) is 0 Å². The van der Waals surface area contributed by atoms with Gasteiger partial charge in [-0.1, -0.05) is 48.5 Å². The van der Waals surface area contributed by atoms with E-state index < -0.39 is 0 Å². The summed E-state index contributed by atoms with van der Waals surface area (Å²) in [7, 11) is 0. The summed E-state index contributed by atoms with van der Waals surface area (Å²) in [4.78, 5) is 13.6. The molecule has 0 saturated carbocycles. The summed E-state index contributed by atoms with van der Waals surface area (Å²) in [6.07, 6.45) is 6.69. The molecule has 4 heteroatoms. The van der Waals surface area contributed by atoms with Gasteiger partial charge in [0.15, 0.2) is 0 Å². The highest BCUT2D eigenvalue weighted by molar-refractivity contribution is 9.10. The topological polar surface area (TPSA) is 40.5 Å². The first kappa shape index (κ1) is 16.9. The molecule has 0 fully saturated rings. The summed E-state index contributed by atoms with van der Waals surface area (Å²) in [6, 6.07) is 0. The molecule has 1 amide bonds. The summed E-state index contributed by atoms with van der Waals surface area (Å²) in [5.74, 6) is 0.133.